The van der Waals surface area contributed by atoms with Crippen molar-refractivity contribution in [3.8, 4) is 5.95 Å². The number of hydrogen-bond donors (Lipinski definition) is 0. The number of ether oxygens (including phenoxy) is 1. The highest BCUT2D eigenvalue weighted by molar-refractivity contribution is 7.94. The zero-order chi connectivity index (χ0) is 23.5. The molecule has 0 radical (unpaired) electrons. The first-order chi connectivity index (χ1) is 16.4. The highest BCUT2D eigenvalue weighted by Crippen LogP contribution is 2.45. The SMILES string of the molecule is Cc1nc2ccccc2n1-c1nc(N2CCOC[C@H]2C)cc(C2(C)CCCS2(=O)=NC2CC2)n1. The van der Waals surface area contributed by atoms with Crippen molar-refractivity contribution in [1.82, 2.24) is 19.5 Å². The Labute approximate surface area is 200 Å². The molecule has 0 spiro atoms. The highest BCUT2D eigenvalue weighted by atomic mass is 32.2. The van der Waals surface area contributed by atoms with Gasteiger partial charge in [-0.1, -0.05) is 12.1 Å². The van der Waals surface area contributed by atoms with Gasteiger partial charge in [-0.2, -0.15) is 4.98 Å². The minimum absolute atomic E-state index is 0.196. The van der Waals surface area contributed by atoms with Crippen LogP contribution in [0.15, 0.2) is 34.7 Å². The van der Waals surface area contributed by atoms with Crippen LogP contribution in [0, 0.1) is 6.92 Å². The van der Waals surface area contributed by atoms with E-state index >= 15 is 0 Å². The molecule has 2 aromatic heterocycles. The van der Waals surface area contributed by atoms with Crippen molar-refractivity contribution in [3.63, 3.8) is 0 Å². The largest absolute Gasteiger partial charge is 0.377 e. The molecule has 1 saturated carbocycles. The Morgan fingerprint density at radius 3 is 2.82 bits per heavy atom. The molecule has 3 aromatic rings. The Morgan fingerprint density at radius 1 is 1.21 bits per heavy atom. The fourth-order valence-corrected chi connectivity index (χ4v) is 8.19. The summed E-state index contributed by atoms with van der Waals surface area (Å²) in [4.78, 5) is 17.2. The standard InChI is InChI=1S/C25H32N6O2S/c1-17-16-33-13-12-30(17)23-15-22(25(3)11-6-14-34(25,32)29-19-9-10-19)27-24(28-23)31-18(2)26-20-7-4-5-8-21(20)31/h4-5,7-8,15,17,19H,6,9-14,16H2,1-3H3/t17-,25?,34?/m1/s1. The van der Waals surface area contributed by atoms with Crippen LogP contribution in [0.3, 0.4) is 0 Å². The Hall–Kier alpha value is -2.52. The van der Waals surface area contributed by atoms with E-state index in [0.29, 0.717) is 24.9 Å². The van der Waals surface area contributed by atoms with E-state index in [0.717, 1.165) is 60.6 Å². The normalized spacial score (nSPS) is 29.6. The molecule has 3 fully saturated rings. The van der Waals surface area contributed by atoms with Gasteiger partial charge in [-0.15, -0.1) is 0 Å². The van der Waals surface area contributed by atoms with E-state index in [1.807, 2.05) is 35.8 Å². The Kier molecular flexibility index (Phi) is 5.18. The molecule has 1 aromatic carbocycles. The Balaban J connectivity index is 1.57. The third-order valence-electron chi connectivity index (χ3n) is 7.48. The molecule has 0 amide bonds. The van der Waals surface area contributed by atoms with E-state index in [9.17, 15) is 4.21 Å². The first-order valence-corrected chi connectivity index (χ1v) is 14.0. The van der Waals surface area contributed by atoms with Crippen molar-refractivity contribution in [2.45, 2.75) is 63.3 Å². The molecule has 180 valence electrons. The van der Waals surface area contributed by atoms with E-state index in [1.165, 1.54) is 0 Å². The average Bonchev–Trinajstić information content (AvgIpc) is 3.49. The quantitative estimate of drug-likeness (QED) is 0.561. The summed E-state index contributed by atoms with van der Waals surface area (Å²) in [5.74, 6) is 2.92. The van der Waals surface area contributed by atoms with Crippen LogP contribution in [0.25, 0.3) is 17.0 Å². The van der Waals surface area contributed by atoms with Gasteiger partial charge in [-0.25, -0.2) is 18.5 Å². The van der Waals surface area contributed by atoms with Gasteiger partial charge in [0, 0.05) is 18.4 Å². The minimum Gasteiger partial charge on any atom is -0.377 e. The van der Waals surface area contributed by atoms with Crippen LogP contribution in [-0.4, -0.2) is 61.3 Å². The fourth-order valence-electron chi connectivity index (χ4n) is 5.28. The fraction of sp³-hybridized carbons (Fsp3) is 0.560. The van der Waals surface area contributed by atoms with E-state index in [1.54, 1.807) is 0 Å². The van der Waals surface area contributed by atoms with Crippen LogP contribution in [0.1, 0.15) is 51.0 Å². The summed E-state index contributed by atoms with van der Waals surface area (Å²) in [6.07, 6.45) is 3.83. The lowest BCUT2D eigenvalue weighted by atomic mass is 10.0. The molecule has 2 saturated heterocycles. The molecular formula is C25H32N6O2S. The number of imidazole rings is 1. The highest BCUT2D eigenvalue weighted by Gasteiger charge is 2.46. The molecule has 2 aliphatic heterocycles. The van der Waals surface area contributed by atoms with Crippen molar-refractivity contribution in [2.75, 3.05) is 30.4 Å². The van der Waals surface area contributed by atoms with Gasteiger partial charge in [0.15, 0.2) is 0 Å². The molecular weight excluding hydrogens is 448 g/mol. The third kappa shape index (κ3) is 3.51. The summed E-state index contributed by atoms with van der Waals surface area (Å²) in [6.45, 7) is 8.33. The van der Waals surface area contributed by atoms with Crippen LogP contribution >= 0.6 is 0 Å². The summed E-state index contributed by atoms with van der Waals surface area (Å²) < 4.78 is 26.2. The van der Waals surface area contributed by atoms with Gasteiger partial charge in [-0.3, -0.25) is 4.57 Å². The van der Waals surface area contributed by atoms with Crippen LogP contribution in [0.4, 0.5) is 5.82 Å². The monoisotopic (exact) mass is 480 g/mol. The third-order valence-corrected chi connectivity index (χ3v) is 10.8. The summed E-state index contributed by atoms with van der Waals surface area (Å²) in [7, 11) is -2.42. The second-order valence-electron chi connectivity index (χ2n) is 10.0. The van der Waals surface area contributed by atoms with Crippen molar-refractivity contribution in [1.29, 1.82) is 0 Å². The summed E-state index contributed by atoms with van der Waals surface area (Å²) in [5, 5.41) is 0. The number of morpholine rings is 1. The maximum atomic E-state index is 14.2. The molecule has 34 heavy (non-hydrogen) atoms. The molecule has 3 aliphatic rings. The second-order valence-corrected chi connectivity index (χ2v) is 12.8. The van der Waals surface area contributed by atoms with E-state index in [2.05, 4.69) is 24.8 Å². The molecule has 8 nitrogen and oxygen atoms in total. The number of nitrogens with zero attached hydrogens (tertiary/aromatic N) is 6. The predicted molar refractivity (Wildman–Crippen MR) is 134 cm³/mol. The molecule has 3 atom stereocenters. The van der Waals surface area contributed by atoms with E-state index in [4.69, 9.17) is 24.1 Å². The number of rotatable bonds is 4. The van der Waals surface area contributed by atoms with Gasteiger partial charge in [0.1, 0.15) is 11.6 Å². The minimum atomic E-state index is -2.42. The Bertz CT molecular complexity index is 1370. The van der Waals surface area contributed by atoms with Gasteiger partial charge >= 0.3 is 0 Å². The summed E-state index contributed by atoms with van der Waals surface area (Å²) >= 11 is 0. The number of aromatic nitrogens is 4. The molecule has 0 bridgehead atoms. The lowest BCUT2D eigenvalue weighted by molar-refractivity contribution is 0.0985. The molecule has 4 heterocycles. The summed E-state index contributed by atoms with van der Waals surface area (Å²) in [5.41, 5.74) is 2.71. The molecule has 9 heteroatoms. The number of benzene rings is 1. The smallest absolute Gasteiger partial charge is 0.237 e. The molecule has 0 N–H and O–H groups in total. The zero-order valence-corrected chi connectivity index (χ0v) is 20.9. The van der Waals surface area contributed by atoms with Gasteiger partial charge in [0.2, 0.25) is 5.95 Å². The number of hydrogen-bond acceptors (Lipinski definition) is 7. The first-order valence-electron chi connectivity index (χ1n) is 12.3. The predicted octanol–water partition coefficient (Wildman–Crippen LogP) is 3.99. The van der Waals surface area contributed by atoms with Crippen LogP contribution in [0.5, 0.6) is 0 Å². The first kappa shape index (κ1) is 22.0. The average molecular weight is 481 g/mol. The van der Waals surface area contributed by atoms with Gasteiger partial charge in [-0.05, 0) is 58.6 Å². The van der Waals surface area contributed by atoms with E-state index < -0.39 is 14.5 Å². The molecule has 2 unspecified atom stereocenters. The van der Waals surface area contributed by atoms with Gasteiger partial charge in [0.25, 0.3) is 0 Å². The maximum absolute atomic E-state index is 14.2. The number of fused-ring (bicyclic) bond motifs is 1. The van der Waals surface area contributed by atoms with Crippen molar-refractivity contribution in [2.24, 2.45) is 4.36 Å². The number of anilines is 1. The van der Waals surface area contributed by atoms with Gasteiger partial charge < -0.3 is 9.64 Å². The van der Waals surface area contributed by atoms with Crippen LogP contribution < -0.4 is 4.90 Å². The Morgan fingerprint density at radius 2 is 2.03 bits per heavy atom. The maximum Gasteiger partial charge on any atom is 0.237 e. The second kappa shape index (κ2) is 8.02. The number of para-hydroxylation sites is 2. The molecule has 1 aliphatic carbocycles. The number of aryl methyl sites for hydroxylation is 1. The van der Waals surface area contributed by atoms with Crippen molar-refractivity contribution < 1.29 is 8.95 Å². The van der Waals surface area contributed by atoms with Crippen molar-refractivity contribution in [3.05, 3.63) is 41.9 Å². The van der Waals surface area contributed by atoms with E-state index in [-0.39, 0.29) is 12.1 Å². The van der Waals surface area contributed by atoms with Crippen LogP contribution in [0.2, 0.25) is 0 Å². The van der Waals surface area contributed by atoms with Crippen molar-refractivity contribution >= 4 is 26.6 Å². The lowest BCUT2D eigenvalue weighted by Crippen LogP contribution is -2.44. The lowest BCUT2D eigenvalue weighted by Gasteiger charge is -2.35. The van der Waals surface area contributed by atoms with Crippen LogP contribution in [-0.2, 0) is 19.2 Å². The van der Waals surface area contributed by atoms with Gasteiger partial charge in [0.05, 0.1) is 56.5 Å². The zero-order valence-electron chi connectivity index (χ0n) is 20.1. The topological polar surface area (TPSA) is 85.5 Å². The molecule has 6 rings (SSSR count). The summed E-state index contributed by atoms with van der Waals surface area (Å²) in [6, 6.07) is 10.6.